The number of nitrogen functional groups attached to an aromatic ring is 2. The fourth-order valence-electron chi connectivity index (χ4n) is 0.635. The van der Waals surface area contributed by atoms with E-state index < -0.39 is 0 Å². The van der Waals surface area contributed by atoms with Crippen LogP contribution in [0.3, 0.4) is 0 Å². The lowest BCUT2D eigenvalue weighted by molar-refractivity contribution is 1.05. The lowest BCUT2D eigenvalue weighted by atomic mass is 10.4. The summed E-state index contributed by atoms with van der Waals surface area (Å²) in [6.07, 6.45) is 5.92. The molecule has 0 aliphatic rings. The molecule has 14 heavy (non-hydrogen) atoms. The number of anilines is 2. The average Bonchev–Trinajstić information content (AvgIpc) is 2.26. The van der Waals surface area contributed by atoms with Gasteiger partial charge in [-0.15, -0.1) is 0 Å². The minimum Gasteiger partial charge on any atom is -0.396 e. The van der Waals surface area contributed by atoms with Gasteiger partial charge in [-0.25, -0.2) is 19.9 Å². The predicted molar refractivity (Wildman–Crippen MR) is 52.9 cm³/mol. The van der Waals surface area contributed by atoms with Gasteiger partial charge in [0.2, 0.25) is 0 Å². The van der Waals surface area contributed by atoms with Gasteiger partial charge >= 0.3 is 0 Å². The summed E-state index contributed by atoms with van der Waals surface area (Å²) in [5.41, 5.74) is 11.2. The van der Waals surface area contributed by atoms with E-state index in [0.29, 0.717) is 11.5 Å². The Bertz CT molecular complexity index is 316. The van der Waals surface area contributed by atoms with Crippen LogP contribution in [0.2, 0.25) is 0 Å². The highest BCUT2D eigenvalue weighted by Gasteiger charge is 1.87. The highest BCUT2D eigenvalue weighted by molar-refractivity contribution is 5.56. The van der Waals surface area contributed by atoms with Crippen molar-refractivity contribution in [2.75, 3.05) is 11.5 Å². The van der Waals surface area contributed by atoms with E-state index in [2.05, 4.69) is 19.9 Å². The Morgan fingerprint density at radius 1 is 0.929 bits per heavy atom. The number of nitrogens with two attached hydrogens (primary N) is 2. The van der Waals surface area contributed by atoms with Crippen molar-refractivity contribution in [3.63, 3.8) is 0 Å². The molecular weight excluding hydrogens is 180 g/mol. The first-order valence-corrected chi connectivity index (χ1v) is 3.81. The van der Waals surface area contributed by atoms with E-state index in [9.17, 15) is 0 Å². The Balaban J connectivity index is 0.000000146. The molecule has 0 fully saturated rings. The van der Waals surface area contributed by atoms with Crippen LogP contribution in [-0.4, -0.2) is 19.9 Å². The van der Waals surface area contributed by atoms with Gasteiger partial charge in [-0.1, -0.05) is 0 Å². The molecular formula is C8H10N6. The van der Waals surface area contributed by atoms with Crippen LogP contribution >= 0.6 is 0 Å². The SMILES string of the molecule is Nc1cccnc1N.c1ncncn1. The highest BCUT2D eigenvalue weighted by atomic mass is 14.9. The van der Waals surface area contributed by atoms with E-state index in [-0.39, 0.29) is 0 Å². The van der Waals surface area contributed by atoms with Crippen molar-refractivity contribution in [2.24, 2.45) is 0 Å². The molecule has 2 aromatic heterocycles. The van der Waals surface area contributed by atoms with Crippen LogP contribution in [0.1, 0.15) is 0 Å². The van der Waals surface area contributed by atoms with Gasteiger partial charge in [0.05, 0.1) is 5.69 Å². The van der Waals surface area contributed by atoms with E-state index in [0.717, 1.165) is 0 Å². The molecule has 0 unspecified atom stereocenters. The first kappa shape index (κ1) is 9.85. The third kappa shape index (κ3) is 3.44. The van der Waals surface area contributed by atoms with Crippen LogP contribution < -0.4 is 11.5 Å². The maximum Gasteiger partial charge on any atom is 0.146 e. The van der Waals surface area contributed by atoms with Gasteiger partial charge in [0, 0.05) is 6.20 Å². The number of pyridine rings is 1. The Hall–Kier alpha value is -2.24. The second-order valence-electron chi connectivity index (χ2n) is 2.27. The van der Waals surface area contributed by atoms with Crippen molar-refractivity contribution in [3.8, 4) is 0 Å². The van der Waals surface area contributed by atoms with Gasteiger partial charge < -0.3 is 11.5 Å². The van der Waals surface area contributed by atoms with E-state index in [4.69, 9.17) is 11.5 Å². The first-order valence-electron chi connectivity index (χ1n) is 3.81. The van der Waals surface area contributed by atoms with Crippen molar-refractivity contribution in [2.45, 2.75) is 0 Å². The van der Waals surface area contributed by atoms with E-state index >= 15 is 0 Å². The zero-order valence-corrected chi connectivity index (χ0v) is 7.41. The van der Waals surface area contributed by atoms with Crippen molar-refractivity contribution in [3.05, 3.63) is 37.3 Å². The van der Waals surface area contributed by atoms with E-state index in [1.54, 1.807) is 18.3 Å². The molecule has 0 aromatic carbocycles. The maximum absolute atomic E-state index is 5.33. The summed E-state index contributed by atoms with van der Waals surface area (Å²) in [4.78, 5) is 14.4. The summed E-state index contributed by atoms with van der Waals surface area (Å²) >= 11 is 0. The molecule has 0 atom stereocenters. The summed E-state index contributed by atoms with van der Waals surface area (Å²) in [5.74, 6) is 0.396. The lowest BCUT2D eigenvalue weighted by Gasteiger charge is -1.92. The molecule has 0 saturated heterocycles. The molecule has 0 spiro atoms. The molecule has 0 radical (unpaired) electrons. The van der Waals surface area contributed by atoms with E-state index in [1.807, 2.05) is 0 Å². The standard InChI is InChI=1S/C5H7N3.C3H3N3/c6-4-2-1-3-8-5(4)7;1-4-2-6-3-5-1/h1-3H,6H2,(H2,7,8);1-3H. The van der Waals surface area contributed by atoms with Crippen molar-refractivity contribution in [1.29, 1.82) is 0 Å². The zero-order chi connectivity index (χ0) is 10.2. The van der Waals surface area contributed by atoms with Crippen molar-refractivity contribution in [1.82, 2.24) is 19.9 Å². The van der Waals surface area contributed by atoms with Gasteiger partial charge in [0.1, 0.15) is 24.8 Å². The topological polar surface area (TPSA) is 104 Å². The minimum absolute atomic E-state index is 0.396. The molecule has 0 bridgehead atoms. The largest absolute Gasteiger partial charge is 0.396 e. The van der Waals surface area contributed by atoms with Gasteiger partial charge in [-0.3, -0.25) is 0 Å². The van der Waals surface area contributed by atoms with Crippen LogP contribution in [-0.2, 0) is 0 Å². The van der Waals surface area contributed by atoms with Gasteiger partial charge in [-0.05, 0) is 12.1 Å². The highest BCUT2D eigenvalue weighted by Crippen LogP contribution is 2.06. The fourth-order valence-corrected chi connectivity index (χ4v) is 0.635. The molecule has 0 aliphatic heterocycles. The molecule has 2 rings (SSSR count). The second kappa shape index (κ2) is 5.41. The van der Waals surface area contributed by atoms with Crippen molar-refractivity contribution >= 4 is 11.5 Å². The van der Waals surface area contributed by atoms with Crippen LogP contribution in [0.15, 0.2) is 37.3 Å². The third-order valence-electron chi connectivity index (χ3n) is 1.27. The van der Waals surface area contributed by atoms with Crippen LogP contribution in [0.4, 0.5) is 11.5 Å². The zero-order valence-electron chi connectivity index (χ0n) is 7.41. The number of hydrogen-bond donors (Lipinski definition) is 2. The van der Waals surface area contributed by atoms with Crippen LogP contribution in [0.5, 0.6) is 0 Å². The normalized spacial score (nSPS) is 8.57. The molecule has 6 nitrogen and oxygen atoms in total. The van der Waals surface area contributed by atoms with Gasteiger partial charge in [0.15, 0.2) is 0 Å². The number of rotatable bonds is 0. The molecule has 0 amide bonds. The summed E-state index contributed by atoms with van der Waals surface area (Å²) < 4.78 is 0. The Labute approximate surface area is 81.1 Å². The quantitative estimate of drug-likeness (QED) is 0.611. The van der Waals surface area contributed by atoms with Crippen molar-refractivity contribution < 1.29 is 0 Å². The Morgan fingerprint density at radius 2 is 1.50 bits per heavy atom. The predicted octanol–water partition coefficient (Wildman–Crippen LogP) is 0.118. The maximum atomic E-state index is 5.33. The Kier molecular flexibility index (Phi) is 3.81. The lowest BCUT2D eigenvalue weighted by Crippen LogP contribution is -1.95. The number of aromatic nitrogens is 4. The van der Waals surface area contributed by atoms with E-state index in [1.165, 1.54) is 19.0 Å². The van der Waals surface area contributed by atoms with Crippen LogP contribution in [0.25, 0.3) is 0 Å². The monoisotopic (exact) mass is 190 g/mol. The smallest absolute Gasteiger partial charge is 0.146 e. The minimum atomic E-state index is 0.396. The second-order valence-corrected chi connectivity index (χ2v) is 2.27. The molecule has 72 valence electrons. The molecule has 6 heteroatoms. The number of nitrogens with zero attached hydrogens (tertiary/aromatic N) is 4. The Morgan fingerprint density at radius 3 is 1.79 bits per heavy atom. The molecule has 0 aliphatic carbocycles. The number of hydrogen-bond acceptors (Lipinski definition) is 6. The molecule has 2 heterocycles. The van der Waals surface area contributed by atoms with Gasteiger partial charge in [0.25, 0.3) is 0 Å². The molecule has 0 saturated carbocycles. The average molecular weight is 190 g/mol. The van der Waals surface area contributed by atoms with Gasteiger partial charge in [-0.2, -0.15) is 0 Å². The molecule has 2 aromatic rings. The molecule has 4 N–H and O–H groups in total. The van der Waals surface area contributed by atoms with Crippen LogP contribution in [0, 0.1) is 0 Å². The first-order chi connectivity index (χ1) is 6.80. The summed E-state index contributed by atoms with van der Waals surface area (Å²) in [7, 11) is 0. The fraction of sp³-hybridized carbons (Fsp3) is 0. The third-order valence-corrected chi connectivity index (χ3v) is 1.27. The summed E-state index contributed by atoms with van der Waals surface area (Å²) in [6.45, 7) is 0. The summed E-state index contributed by atoms with van der Waals surface area (Å²) in [6, 6.07) is 3.45. The summed E-state index contributed by atoms with van der Waals surface area (Å²) in [5, 5.41) is 0.